The van der Waals surface area contributed by atoms with Crippen LogP contribution in [0.25, 0.3) is 0 Å². The molecular weight excluding hydrogens is 406 g/mol. The number of amides is 2. The number of hydrogen-bond donors (Lipinski definition) is 1. The van der Waals surface area contributed by atoms with Crippen molar-refractivity contribution in [2.45, 2.75) is 25.3 Å². The third-order valence-electron chi connectivity index (χ3n) is 5.85. The predicted octanol–water partition coefficient (Wildman–Crippen LogP) is 3.25. The summed E-state index contributed by atoms with van der Waals surface area (Å²) < 4.78 is 11.0. The molecule has 2 saturated heterocycles. The summed E-state index contributed by atoms with van der Waals surface area (Å²) in [7, 11) is 1.55. The van der Waals surface area contributed by atoms with Crippen LogP contribution in [0.4, 0.5) is 5.69 Å². The molecule has 0 aliphatic carbocycles. The van der Waals surface area contributed by atoms with E-state index in [9.17, 15) is 9.59 Å². The Hall–Kier alpha value is -2.51. The molecule has 2 amide bonds. The smallest absolute Gasteiger partial charge is 0.227 e. The van der Waals surface area contributed by atoms with Gasteiger partial charge in [-0.25, -0.2) is 0 Å². The van der Waals surface area contributed by atoms with Gasteiger partial charge in [-0.05, 0) is 56.3 Å². The van der Waals surface area contributed by atoms with Gasteiger partial charge in [-0.3, -0.25) is 14.5 Å². The standard InChI is InChI=1S/C22H26ClN3O4/c1-29-19-7-6-16(23)12-17(19)26-14-15(11-21(26)27)22(28)24-13-18(20-5-4-10-30-20)25-8-2-3-9-25/h4-7,10,12,15,18H,2-3,8-9,11,13-14H2,1H3,(H,24,28). The second-order valence-electron chi connectivity index (χ2n) is 7.74. The van der Waals surface area contributed by atoms with Crippen molar-refractivity contribution in [2.24, 2.45) is 5.92 Å². The number of ether oxygens (including phenoxy) is 1. The molecule has 0 saturated carbocycles. The Morgan fingerprint density at radius 2 is 2.13 bits per heavy atom. The molecule has 30 heavy (non-hydrogen) atoms. The van der Waals surface area contributed by atoms with E-state index in [2.05, 4.69) is 10.2 Å². The normalized spacial score (nSPS) is 20.5. The summed E-state index contributed by atoms with van der Waals surface area (Å²) in [6, 6.07) is 8.95. The van der Waals surface area contributed by atoms with Crippen LogP contribution in [0.5, 0.6) is 5.75 Å². The number of halogens is 1. The van der Waals surface area contributed by atoms with Crippen LogP contribution in [0.3, 0.4) is 0 Å². The Balaban J connectivity index is 1.42. The van der Waals surface area contributed by atoms with Crippen LogP contribution in [0, 0.1) is 5.92 Å². The number of benzene rings is 1. The second-order valence-corrected chi connectivity index (χ2v) is 8.18. The van der Waals surface area contributed by atoms with Gasteiger partial charge in [-0.1, -0.05) is 11.6 Å². The topological polar surface area (TPSA) is 75.0 Å². The lowest BCUT2D eigenvalue weighted by molar-refractivity contribution is -0.126. The number of methoxy groups -OCH3 is 1. The zero-order chi connectivity index (χ0) is 21.1. The molecule has 160 valence electrons. The number of carbonyl (C=O) groups excluding carboxylic acids is 2. The van der Waals surface area contributed by atoms with Crippen LogP contribution in [0.2, 0.25) is 5.02 Å². The highest BCUT2D eigenvalue weighted by atomic mass is 35.5. The highest BCUT2D eigenvalue weighted by Crippen LogP contribution is 2.35. The number of rotatable bonds is 7. The average molecular weight is 432 g/mol. The van der Waals surface area contributed by atoms with Gasteiger partial charge in [0.25, 0.3) is 0 Å². The number of furan rings is 1. The number of hydrogen-bond acceptors (Lipinski definition) is 5. The minimum absolute atomic E-state index is 0.00711. The molecule has 0 radical (unpaired) electrons. The van der Waals surface area contributed by atoms with Crippen LogP contribution in [0.15, 0.2) is 41.0 Å². The third-order valence-corrected chi connectivity index (χ3v) is 6.09. The molecule has 2 fully saturated rings. The van der Waals surface area contributed by atoms with Crippen molar-refractivity contribution in [2.75, 3.05) is 38.2 Å². The van der Waals surface area contributed by atoms with E-state index in [-0.39, 0.29) is 24.3 Å². The minimum Gasteiger partial charge on any atom is -0.495 e. The van der Waals surface area contributed by atoms with Crippen LogP contribution >= 0.6 is 11.6 Å². The highest BCUT2D eigenvalue weighted by Gasteiger charge is 2.37. The number of carbonyl (C=O) groups is 2. The SMILES string of the molecule is COc1ccc(Cl)cc1N1CC(C(=O)NCC(c2ccco2)N2CCCC2)CC1=O. The van der Waals surface area contributed by atoms with Crippen LogP contribution in [0.1, 0.15) is 31.1 Å². The van der Waals surface area contributed by atoms with Crippen molar-refractivity contribution in [1.82, 2.24) is 10.2 Å². The lowest BCUT2D eigenvalue weighted by Gasteiger charge is -2.26. The van der Waals surface area contributed by atoms with Gasteiger partial charge in [0.15, 0.2) is 0 Å². The van der Waals surface area contributed by atoms with Gasteiger partial charge in [-0.15, -0.1) is 0 Å². The predicted molar refractivity (Wildman–Crippen MR) is 114 cm³/mol. The van der Waals surface area contributed by atoms with Crippen molar-refractivity contribution in [3.63, 3.8) is 0 Å². The Morgan fingerprint density at radius 3 is 2.83 bits per heavy atom. The van der Waals surface area contributed by atoms with E-state index in [0.717, 1.165) is 31.7 Å². The van der Waals surface area contributed by atoms with Crippen molar-refractivity contribution in [1.29, 1.82) is 0 Å². The zero-order valence-corrected chi connectivity index (χ0v) is 17.7. The number of anilines is 1. The summed E-state index contributed by atoms with van der Waals surface area (Å²) in [5.41, 5.74) is 0.593. The Kier molecular flexibility index (Phi) is 6.29. The van der Waals surface area contributed by atoms with Gasteiger partial charge in [0.05, 0.1) is 31.0 Å². The summed E-state index contributed by atoms with van der Waals surface area (Å²) in [5, 5.41) is 3.56. The molecule has 1 N–H and O–H groups in total. The van der Waals surface area contributed by atoms with E-state index in [1.165, 1.54) is 0 Å². The maximum atomic E-state index is 12.9. The lowest BCUT2D eigenvalue weighted by atomic mass is 10.1. The third kappa shape index (κ3) is 4.32. The first-order valence-electron chi connectivity index (χ1n) is 10.3. The summed E-state index contributed by atoms with van der Waals surface area (Å²) >= 11 is 6.11. The molecule has 0 spiro atoms. The summed E-state index contributed by atoms with van der Waals surface area (Å²) in [6.45, 7) is 2.74. The van der Waals surface area contributed by atoms with Gasteiger partial charge in [0, 0.05) is 24.5 Å². The van der Waals surface area contributed by atoms with Crippen LogP contribution in [-0.2, 0) is 9.59 Å². The van der Waals surface area contributed by atoms with Crippen molar-refractivity contribution >= 4 is 29.1 Å². The van der Waals surface area contributed by atoms with Gasteiger partial charge in [0.2, 0.25) is 11.8 Å². The molecule has 0 bridgehead atoms. The molecule has 4 rings (SSSR count). The summed E-state index contributed by atoms with van der Waals surface area (Å²) in [5.74, 6) is 0.753. The molecule has 7 nitrogen and oxygen atoms in total. The number of nitrogens with one attached hydrogen (secondary N) is 1. The summed E-state index contributed by atoms with van der Waals surface area (Å²) in [6.07, 6.45) is 4.13. The summed E-state index contributed by atoms with van der Waals surface area (Å²) in [4.78, 5) is 29.4. The monoisotopic (exact) mass is 431 g/mol. The van der Waals surface area contributed by atoms with E-state index < -0.39 is 5.92 Å². The van der Waals surface area contributed by atoms with Crippen LogP contribution < -0.4 is 15.0 Å². The minimum atomic E-state index is -0.419. The maximum Gasteiger partial charge on any atom is 0.227 e. The van der Waals surface area contributed by atoms with Crippen LogP contribution in [-0.4, -0.2) is 50.0 Å². The van der Waals surface area contributed by atoms with E-state index in [1.807, 2.05) is 12.1 Å². The first-order valence-corrected chi connectivity index (χ1v) is 10.6. The lowest BCUT2D eigenvalue weighted by Crippen LogP contribution is -2.39. The quantitative estimate of drug-likeness (QED) is 0.728. The van der Waals surface area contributed by atoms with Gasteiger partial charge < -0.3 is 19.4 Å². The van der Waals surface area contributed by atoms with Gasteiger partial charge in [0.1, 0.15) is 11.5 Å². The molecule has 2 aliphatic rings. The first-order chi connectivity index (χ1) is 14.6. The molecule has 2 unspecified atom stereocenters. The Morgan fingerprint density at radius 1 is 1.33 bits per heavy atom. The molecule has 2 aliphatic heterocycles. The second kappa shape index (κ2) is 9.10. The molecular formula is C22H26ClN3O4. The number of likely N-dealkylation sites (tertiary alicyclic amines) is 1. The van der Waals surface area contributed by atoms with Crippen molar-refractivity contribution < 1.29 is 18.7 Å². The van der Waals surface area contributed by atoms with Gasteiger partial charge >= 0.3 is 0 Å². The number of nitrogens with zero attached hydrogens (tertiary/aromatic N) is 2. The molecule has 1 aromatic heterocycles. The largest absolute Gasteiger partial charge is 0.495 e. The van der Waals surface area contributed by atoms with E-state index in [1.54, 1.807) is 36.5 Å². The van der Waals surface area contributed by atoms with E-state index >= 15 is 0 Å². The first kappa shape index (κ1) is 20.8. The average Bonchev–Trinajstić information content (AvgIpc) is 3.50. The molecule has 3 heterocycles. The van der Waals surface area contributed by atoms with E-state index in [4.69, 9.17) is 20.8 Å². The maximum absolute atomic E-state index is 12.9. The Labute approximate surface area is 180 Å². The van der Waals surface area contributed by atoms with Crippen molar-refractivity contribution in [3.8, 4) is 5.75 Å². The van der Waals surface area contributed by atoms with Gasteiger partial charge in [-0.2, -0.15) is 0 Å². The molecule has 2 aromatic rings. The fraction of sp³-hybridized carbons (Fsp3) is 0.455. The van der Waals surface area contributed by atoms with Crippen molar-refractivity contribution in [3.05, 3.63) is 47.4 Å². The zero-order valence-electron chi connectivity index (χ0n) is 17.0. The Bertz CT molecular complexity index is 896. The molecule has 1 aromatic carbocycles. The highest BCUT2D eigenvalue weighted by molar-refractivity contribution is 6.31. The molecule has 8 heteroatoms. The fourth-order valence-electron chi connectivity index (χ4n) is 4.28. The van der Waals surface area contributed by atoms with E-state index in [0.29, 0.717) is 29.5 Å². The fourth-order valence-corrected chi connectivity index (χ4v) is 4.44. The molecule has 2 atom stereocenters.